The molecule has 0 amide bonds. The average molecular weight is 421 g/mol. The maximum absolute atomic E-state index is 13.5. The number of thiophene rings is 1. The van der Waals surface area contributed by atoms with E-state index in [4.69, 9.17) is 4.99 Å². The summed E-state index contributed by atoms with van der Waals surface area (Å²) in [6.07, 6.45) is 1.83. The van der Waals surface area contributed by atoms with Crippen LogP contribution in [0.4, 0.5) is 20.8 Å². The number of piperazine rings is 1. The molecule has 0 spiro atoms. The summed E-state index contributed by atoms with van der Waals surface area (Å²) in [5.41, 5.74) is 4.26. The molecule has 5 rings (SSSR count). The number of hydrogen-bond donors (Lipinski definition) is 2. The third-order valence-corrected chi connectivity index (χ3v) is 6.67. The van der Waals surface area contributed by atoms with Gasteiger partial charge in [0.15, 0.2) is 0 Å². The van der Waals surface area contributed by atoms with Gasteiger partial charge in [-0.05, 0) is 55.7 Å². The van der Waals surface area contributed by atoms with Crippen molar-refractivity contribution < 1.29 is 4.39 Å². The van der Waals surface area contributed by atoms with Gasteiger partial charge in [0.1, 0.15) is 16.7 Å². The summed E-state index contributed by atoms with van der Waals surface area (Å²) < 4.78 is 13.5. The van der Waals surface area contributed by atoms with Crippen molar-refractivity contribution in [1.29, 1.82) is 0 Å². The quantitative estimate of drug-likeness (QED) is 0.609. The van der Waals surface area contributed by atoms with Gasteiger partial charge in [-0.2, -0.15) is 0 Å². The van der Waals surface area contributed by atoms with Gasteiger partial charge < -0.3 is 15.5 Å². The Morgan fingerprint density at radius 2 is 2.07 bits per heavy atom. The van der Waals surface area contributed by atoms with Crippen molar-refractivity contribution in [2.45, 2.75) is 25.8 Å². The summed E-state index contributed by atoms with van der Waals surface area (Å²) in [7, 11) is 0. The van der Waals surface area contributed by atoms with E-state index in [-0.39, 0.29) is 5.82 Å². The van der Waals surface area contributed by atoms with Crippen molar-refractivity contribution in [3.05, 3.63) is 76.4 Å². The number of benzene rings is 2. The van der Waals surface area contributed by atoms with Crippen LogP contribution < -0.4 is 10.6 Å². The van der Waals surface area contributed by atoms with E-state index in [2.05, 4.69) is 40.7 Å². The summed E-state index contributed by atoms with van der Waals surface area (Å²) in [5, 5.41) is 8.37. The summed E-state index contributed by atoms with van der Waals surface area (Å²) >= 11 is 1.77. The Hall–Kier alpha value is -2.70. The highest BCUT2D eigenvalue weighted by Gasteiger charge is 2.27. The Kier molecular flexibility index (Phi) is 5.27. The molecular weight excluding hydrogens is 395 g/mol. The van der Waals surface area contributed by atoms with Crippen LogP contribution in [0, 0.1) is 12.7 Å². The smallest absolute Gasteiger partial charge is 0.139 e. The third kappa shape index (κ3) is 3.98. The van der Waals surface area contributed by atoms with Crippen LogP contribution in [0.5, 0.6) is 0 Å². The molecule has 2 aliphatic heterocycles. The van der Waals surface area contributed by atoms with E-state index in [0.717, 1.165) is 60.3 Å². The molecule has 1 fully saturated rings. The molecule has 6 heteroatoms. The highest BCUT2D eigenvalue weighted by atomic mass is 32.1. The number of nitrogens with zero attached hydrogens (tertiary/aromatic N) is 2. The molecule has 3 aromatic rings. The molecule has 0 saturated carbocycles. The van der Waals surface area contributed by atoms with Gasteiger partial charge >= 0.3 is 0 Å². The number of halogens is 1. The number of nitrogens with one attached hydrogen (secondary N) is 2. The lowest BCUT2D eigenvalue weighted by molar-refractivity contribution is 0.282. The average Bonchev–Trinajstić information content (AvgIpc) is 3.04. The molecule has 1 atom stereocenters. The molecule has 154 valence electrons. The fraction of sp³-hybridized carbons (Fsp3) is 0.292. The molecular formula is C24H25FN4S. The third-order valence-electron chi connectivity index (χ3n) is 5.70. The van der Waals surface area contributed by atoms with Gasteiger partial charge in [-0.15, -0.1) is 11.3 Å². The standard InChI is InChI=1S/C24H25FN4S/c1-16-13-20-23(27-21-7-2-3-8-22(21)28-24(20)30-16)29-12-11-26-19(15-29)10-9-17-5-4-6-18(25)14-17/h2-8,13-14,19,26,28H,9-12,15H2,1H3. The highest BCUT2D eigenvalue weighted by Crippen LogP contribution is 2.39. The Bertz CT molecular complexity index is 1090. The first kappa shape index (κ1) is 19.3. The molecule has 3 heterocycles. The normalized spacial score (nSPS) is 18.1. The number of hydrogen-bond acceptors (Lipinski definition) is 5. The first-order chi connectivity index (χ1) is 14.7. The van der Waals surface area contributed by atoms with Crippen molar-refractivity contribution in [2.75, 3.05) is 25.0 Å². The predicted molar refractivity (Wildman–Crippen MR) is 123 cm³/mol. The lowest BCUT2D eigenvalue weighted by Gasteiger charge is -2.36. The van der Waals surface area contributed by atoms with Crippen LogP contribution in [-0.4, -0.2) is 36.4 Å². The second-order valence-electron chi connectivity index (χ2n) is 7.94. The number of para-hydroxylation sites is 2. The molecule has 0 bridgehead atoms. The Morgan fingerprint density at radius 1 is 1.17 bits per heavy atom. The fourth-order valence-electron chi connectivity index (χ4n) is 4.23. The van der Waals surface area contributed by atoms with E-state index in [0.29, 0.717) is 6.04 Å². The second kappa shape index (κ2) is 8.20. The first-order valence-corrected chi connectivity index (χ1v) is 11.3. The minimum Gasteiger partial charge on any atom is -0.353 e. The fourth-order valence-corrected chi connectivity index (χ4v) is 5.15. The van der Waals surface area contributed by atoms with Gasteiger partial charge in [0.2, 0.25) is 0 Å². The second-order valence-corrected chi connectivity index (χ2v) is 9.20. The number of fused-ring (bicyclic) bond motifs is 2. The van der Waals surface area contributed by atoms with E-state index in [9.17, 15) is 4.39 Å². The van der Waals surface area contributed by atoms with E-state index in [1.807, 2.05) is 18.2 Å². The Morgan fingerprint density at radius 3 is 2.97 bits per heavy atom. The van der Waals surface area contributed by atoms with E-state index < -0.39 is 0 Å². The number of aryl methyl sites for hydroxylation is 2. The van der Waals surface area contributed by atoms with Gasteiger partial charge in [-0.3, -0.25) is 0 Å². The van der Waals surface area contributed by atoms with Crippen LogP contribution in [0.25, 0.3) is 0 Å². The van der Waals surface area contributed by atoms with Gasteiger partial charge in [-0.25, -0.2) is 9.38 Å². The zero-order valence-corrected chi connectivity index (χ0v) is 17.8. The minimum absolute atomic E-state index is 0.162. The van der Waals surface area contributed by atoms with Gasteiger partial charge in [0, 0.05) is 30.6 Å². The van der Waals surface area contributed by atoms with Gasteiger partial charge in [-0.1, -0.05) is 24.3 Å². The van der Waals surface area contributed by atoms with Crippen LogP contribution in [0.15, 0.2) is 59.6 Å². The van der Waals surface area contributed by atoms with Crippen molar-refractivity contribution in [2.24, 2.45) is 4.99 Å². The van der Waals surface area contributed by atoms with Crippen LogP contribution in [0.2, 0.25) is 0 Å². The van der Waals surface area contributed by atoms with Crippen molar-refractivity contribution in [3.8, 4) is 0 Å². The van der Waals surface area contributed by atoms with Crippen LogP contribution in [-0.2, 0) is 6.42 Å². The summed E-state index contributed by atoms with van der Waals surface area (Å²) in [5.74, 6) is 0.883. The SMILES string of the molecule is Cc1cc2c(s1)Nc1ccccc1N=C2N1CCNC(CCc2cccc(F)c2)C1. The largest absolute Gasteiger partial charge is 0.353 e. The monoisotopic (exact) mass is 420 g/mol. The van der Waals surface area contributed by atoms with Gasteiger partial charge in [0.25, 0.3) is 0 Å². The van der Waals surface area contributed by atoms with Crippen LogP contribution >= 0.6 is 11.3 Å². The number of amidine groups is 1. The van der Waals surface area contributed by atoms with Gasteiger partial charge in [0.05, 0.1) is 16.9 Å². The Balaban J connectivity index is 1.39. The van der Waals surface area contributed by atoms with Crippen molar-refractivity contribution in [3.63, 3.8) is 0 Å². The molecule has 4 nitrogen and oxygen atoms in total. The molecule has 2 N–H and O–H groups in total. The molecule has 1 aromatic heterocycles. The zero-order valence-electron chi connectivity index (χ0n) is 17.0. The maximum atomic E-state index is 13.5. The number of rotatable bonds is 3. The lowest BCUT2D eigenvalue weighted by atomic mass is 10.0. The molecule has 1 unspecified atom stereocenters. The summed E-state index contributed by atoms with van der Waals surface area (Å²) in [4.78, 5) is 8.77. The molecule has 0 aliphatic carbocycles. The lowest BCUT2D eigenvalue weighted by Crippen LogP contribution is -2.52. The number of anilines is 2. The maximum Gasteiger partial charge on any atom is 0.139 e. The minimum atomic E-state index is -0.162. The molecule has 1 saturated heterocycles. The van der Waals surface area contributed by atoms with Crippen LogP contribution in [0.1, 0.15) is 22.4 Å². The zero-order chi connectivity index (χ0) is 20.5. The molecule has 2 aliphatic rings. The topological polar surface area (TPSA) is 39.7 Å². The van der Waals surface area contributed by atoms with E-state index in [1.165, 1.54) is 16.5 Å². The molecule has 30 heavy (non-hydrogen) atoms. The Labute approximate surface area is 180 Å². The van der Waals surface area contributed by atoms with E-state index >= 15 is 0 Å². The van der Waals surface area contributed by atoms with E-state index in [1.54, 1.807) is 23.5 Å². The summed E-state index contributed by atoms with van der Waals surface area (Å²) in [6, 6.07) is 17.7. The number of aliphatic imine (C=N–C) groups is 1. The van der Waals surface area contributed by atoms with Crippen LogP contribution in [0.3, 0.4) is 0 Å². The summed E-state index contributed by atoms with van der Waals surface area (Å²) in [6.45, 7) is 4.88. The first-order valence-electron chi connectivity index (χ1n) is 10.4. The molecule has 0 radical (unpaired) electrons. The predicted octanol–water partition coefficient (Wildman–Crippen LogP) is 5.24. The van der Waals surface area contributed by atoms with Crippen molar-refractivity contribution in [1.82, 2.24) is 10.2 Å². The van der Waals surface area contributed by atoms with Crippen molar-refractivity contribution >= 4 is 33.5 Å². The molecule has 2 aromatic carbocycles. The highest BCUT2D eigenvalue weighted by molar-refractivity contribution is 7.16.